The van der Waals surface area contributed by atoms with Crippen molar-refractivity contribution in [2.24, 2.45) is 0 Å². The lowest BCUT2D eigenvalue weighted by molar-refractivity contribution is -0.870. The molecule has 0 aromatic carbocycles. The summed E-state index contributed by atoms with van der Waals surface area (Å²) in [5, 5.41) is 0. The fraction of sp³-hybridized carbons (Fsp3) is 1.00. The Bertz CT molecular complexity index is 1310. The van der Waals surface area contributed by atoms with Crippen LogP contribution in [0.25, 0.3) is 0 Å². The van der Waals surface area contributed by atoms with Gasteiger partial charge in [-0.15, -0.1) is 0 Å². The summed E-state index contributed by atoms with van der Waals surface area (Å²) in [6.45, 7) is 1.13. The van der Waals surface area contributed by atoms with Gasteiger partial charge in [-0.1, -0.05) is 12.8 Å². The minimum absolute atomic E-state index is 0. The lowest BCUT2D eigenvalue weighted by Crippen LogP contribution is -3.00. The fourth-order valence-corrected chi connectivity index (χ4v) is 4.22. The normalized spacial score (nSPS) is 15.9. The van der Waals surface area contributed by atoms with Gasteiger partial charge in [0, 0.05) is 20.1 Å². The highest BCUT2D eigenvalue weighted by molar-refractivity contribution is 5.19. The molecule has 5 nitrogen and oxygen atoms in total. The molecule has 0 bridgehead atoms. The van der Waals surface area contributed by atoms with Crippen LogP contribution in [0.15, 0.2) is 0 Å². The maximum atomic E-state index is 14.2. The van der Waals surface area contributed by atoms with Crippen molar-refractivity contribution in [2.75, 3.05) is 74.4 Å². The molecule has 0 radical (unpaired) electrons. The van der Waals surface area contributed by atoms with Gasteiger partial charge in [0.1, 0.15) is 12.6 Å². The van der Waals surface area contributed by atoms with Crippen LogP contribution >= 0.6 is 0 Å². The maximum absolute atomic E-state index is 14.2. The zero-order valence-electron chi connectivity index (χ0n) is 31.0. The molecule has 0 aromatic rings. The van der Waals surface area contributed by atoms with Gasteiger partial charge in [0.25, 0.3) is 0 Å². The van der Waals surface area contributed by atoms with E-state index in [9.17, 15) is 110 Å². The quantitative estimate of drug-likeness (QED) is 0.0471. The Hall–Kier alpha value is -1.66. The summed E-state index contributed by atoms with van der Waals surface area (Å²) < 4.78 is 362. The molecule has 0 spiro atoms. The van der Waals surface area contributed by atoms with Crippen molar-refractivity contribution in [3.63, 3.8) is 0 Å². The molecule has 31 heteroatoms. The van der Waals surface area contributed by atoms with Gasteiger partial charge >= 0.3 is 71.3 Å². The molecular formula is C29H37ClF25NO4. The van der Waals surface area contributed by atoms with Crippen molar-refractivity contribution >= 4 is 0 Å². The molecule has 364 valence electrons. The molecule has 0 aliphatic heterocycles. The molecule has 0 amide bonds. The van der Waals surface area contributed by atoms with Crippen molar-refractivity contribution in [3.8, 4) is 0 Å². The second-order valence-corrected chi connectivity index (χ2v) is 13.7. The van der Waals surface area contributed by atoms with Gasteiger partial charge in [-0.3, -0.25) is 0 Å². The van der Waals surface area contributed by atoms with E-state index >= 15 is 0 Å². The van der Waals surface area contributed by atoms with Crippen molar-refractivity contribution in [1.82, 2.24) is 0 Å². The fourth-order valence-electron chi connectivity index (χ4n) is 4.22. The van der Waals surface area contributed by atoms with Crippen LogP contribution in [0.5, 0.6) is 0 Å². The van der Waals surface area contributed by atoms with E-state index in [2.05, 4.69) is 0 Å². The third kappa shape index (κ3) is 11.5. The maximum Gasteiger partial charge on any atom is 0.460 e. The number of methoxy groups -OCH3 is 1. The van der Waals surface area contributed by atoms with Gasteiger partial charge in [-0.05, 0) is 12.8 Å². The SMILES string of the molecule is COC(COCCCCCCC(F)(F)C(F)(F)C(F)(F)C(F)(F)C(F)(F)C(F)(F)C(F)(F)C(F)(F)C(F)(F)C(F)(F)C(F)(F)C(F)(F)F)COCCOCC[N+](C)(C)C.[Cl-]. The first-order chi connectivity index (χ1) is 25.9. The predicted molar refractivity (Wildman–Crippen MR) is 150 cm³/mol. The van der Waals surface area contributed by atoms with Crippen LogP contribution in [-0.2, 0) is 18.9 Å². The molecule has 1 unspecified atom stereocenters. The Morgan fingerprint density at radius 3 is 1.05 bits per heavy atom. The first-order valence-electron chi connectivity index (χ1n) is 16.2. The van der Waals surface area contributed by atoms with Gasteiger partial charge in [0.2, 0.25) is 0 Å². The van der Waals surface area contributed by atoms with E-state index in [0.29, 0.717) is 17.6 Å². The molecule has 0 rings (SSSR count). The predicted octanol–water partition coefficient (Wildman–Crippen LogP) is 7.26. The van der Waals surface area contributed by atoms with Crippen LogP contribution in [0.4, 0.5) is 110 Å². The number of quaternary nitrogens is 1. The van der Waals surface area contributed by atoms with Gasteiger partial charge in [0.05, 0.1) is 54.2 Å². The van der Waals surface area contributed by atoms with Crippen molar-refractivity contribution in [3.05, 3.63) is 0 Å². The van der Waals surface area contributed by atoms with E-state index < -0.39 is 96.7 Å². The number of unbranched alkanes of at least 4 members (excludes halogenated alkanes) is 3. The average Bonchev–Trinajstić information content (AvgIpc) is 3.05. The van der Waals surface area contributed by atoms with Gasteiger partial charge in [-0.2, -0.15) is 110 Å². The summed E-state index contributed by atoms with van der Waals surface area (Å²) >= 11 is 0. The minimum atomic E-state index is -9.60. The van der Waals surface area contributed by atoms with Crippen molar-refractivity contribution < 1.29 is 146 Å². The number of rotatable bonds is 28. The van der Waals surface area contributed by atoms with E-state index in [1.54, 1.807) is 0 Å². The molecule has 0 aromatic heterocycles. The first kappa shape index (κ1) is 60.4. The Morgan fingerprint density at radius 2 is 0.700 bits per heavy atom. The summed E-state index contributed by atoms with van der Waals surface area (Å²) in [5.74, 6) is -98.1. The van der Waals surface area contributed by atoms with Gasteiger partial charge in [0.15, 0.2) is 0 Å². The molecular weight excluding hydrogens is 937 g/mol. The molecule has 0 aliphatic carbocycles. The summed E-state index contributed by atoms with van der Waals surface area (Å²) in [6.07, 6.45) is -14.2. The number of hydrogen-bond acceptors (Lipinski definition) is 4. The Labute approximate surface area is 330 Å². The highest BCUT2D eigenvalue weighted by atomic mass is 35.5. The number of halogens is 26. The van der Waals surface area contributed by atoms with Crippen LogP contribution in [-0.4, -0.2) is 156 Å². The zero-order valence-corrected chi connectivity index (χ0v) is 31.7. The highest BCUT2D eigenvalue weighted by Crippen LogP contribution is 2.68. The van der Waals surface area contributed by atoms with Crippen LogP contribution in [0.1, 0.15) is 32.1 Å². The zero-order chi connectivity index (χ0) is 47.4. The smallest absolute Gasteiger partial charge is 0.460 e. The molecule has 0 saturated heterocycles. The van der Waals surface area contributed by atoms with Gasteiger partial charge < -0.3 is 35.8 Å². The van der Waals surface area contributed by atoms with Crippen molar-refractivity contribution in [1.29, 1.82) is 0 Å². The molecule has 0 fully saturated rings. The molecule has 0 heterocycles. The Kier molecular flexibility index (Phi) is 20.2. The second-order valence-electron chi connectivity index (χ2n) is 13.7. The minimum Gasteiger partial charge on any atom is -1.00 e. The third-order valence-corrected chi connectivity index (χ3v) is 8.11. The Morgan fingerprint density at radius 1 is 0.383 bits per heavy atom. The first-order valence-corrected chi connectivity index (χ1v) is 16.2. The van der Waals surface area contributed by atoms with Crippen LogP contribution in [0.2, 0.25) is 0 Å². The molecule has 1 atom stereocenters. The van der Waals surface area contributed by atoms with Gasteiger partial charge in [-0.25, -0.2) is 0 Å². The summed E-state index contributed by atoms with van der Waals surface area (Å²) in [7, 11) is 7.06. The Balaban J connectivity index is 0. The third-order valence-electron chi connectivity index (χ3n) is 8.11. The molecule has 60 heavy (non-hydrogen) atoms. The molecule has 0 aliphatic rings. The van der Waals surface area contributed by atoms with Crippen LogP contribution in [0.3, 0.4) is 0 Å². The van der Waals surface area contributed by atoms with E-state index in [1.165, 1.54) is 7.11 Å². The van der Waals surface area contributed by atoms with E-state index in [0.717, 1.165) is 0 Å². The monoisotopic (exact) mass is 973 g/mol. The second kappa shape index (κ2) is 20.0. The topological polar surface area (TPSA) is 36.9 Å². The average molecular weight is 974 g/mol. The molecule has 0 N–H and O–H groups in total. The van der Waals surface area contributed by atoms with Crippen LogP contribution < -0.4 is 12.4 Å². The highest BCUT2D eigenvalue weighted by Gasteiger charge is 2.99. The number of hydrogen-bond donors (Lipinski definition) is 0. The summed E-state index contributed by atoms with van der Waals surface area (Å²) in [4.78, 5) is 0. The number of alkyl halides is 25. The summed E-state index contributed by atoms with van der Waals surface area (Å²) in [5.41, 5.74) is 0. The van der Waals surface area contributed by atoms with Crippen molar-refractivity contribution in [2.45, 2.75) is 110 Å². The van der Waals surface area contributed by atoms with E-state index in [4.69, 9.17) is 18.9 Å². The van der Waals surface area contributed by atoms with Crippen LogP contribution in [0, 0.1) is 0 Å². The number of ether oxygens (including phenoxy) is 4. The standard InChI is InChI=1S/C29H37F25NO4.ClH/c1-55(2,3)10-12-57-13-14-59-16-17(56-4)15-58-11-8-6-5-7-9-18(30,31)19(32,33)20(34,35)21(36,37)22(38,39)23(40,41)24(42,43)25(44,45)26(46,47)27(48,49)28(50,51)29(52,53)54;/h17H,5-16H2,1-4H3;1H/q+1;/p-1. The lowest BCUT2D eigenvalue weighted by Gasteiger charge is -2.45. The molecule has 0 saturated carbocycles. The van der Waals surface area contributed by atoms with E-state index in [-0.39, 0.29) is 58.3 Å². The number of likely N-dealkylation sites (N-methyl/N-ethyl adjacent to an activating group) is 1. The lowest BCUT2D eigenvalue weighted by atomic mass is 9.84. The largest absolute Gasteiger partial charge is 1.00 e. The van der Waals surface area contributed by atoms with E-state index in [1.807, 2.05) is 21.1 Å². The summed E-state index contributed by atoms with van der Waals surface area (Å²) in [6, 6.07) is 0. The number of nitrogens with zero attached hydrogens (tertiary/aromatic N) is 1.